The molecule has 1 aromatic rings. The molecule has 0 aromatic heterocycles. The first-order chi connectivity index (χ1) is 10.2. The number of aryl methyl sites for hydroxylation is 1. The Kier molecular flexibility index (Phi) is 6.22. The van der Waals surface area contributed by atoms with Crippen LogP contribution >= 0.6 is 0 Å². The van der Waals surface area contributed by atoms with E-state index in [9.17, 15) is 0 Å². The van der Waals surface area contributed by atoms with E-state index in [-0.39, 0.29) is 0 Å². The summed E-state index contributed by atoms with van der Waals surface area (Å²) >= 11 is 0. The molecule has 1 aliphatic rings. The molecule has 1 heterocycles. The average Bonchev–Trinajstić information content (AvgIpc) is 3.01. The molecule has 21 heavy (non-hydrogen) atoms. The van der Waals surface area contributed by atoms with E-state index in [0.29, 0.717) is 18.2 Å². The topological polar surface area (TPSA) is 24.5 Å². The highest BCUT2D eigenvalue weighted by atomic mass is 16.5. The maximum absolute atomic E-state index is 5.51. The van der Waals surface area contributed by atoms with Crippen LogP contribution in [0.2, 0.25) is 0 Å². The molecule has 0 bridgehead atoms. The van der Waals surface area contributed by atoms with Gasteiger partial charge in [-0.05, 0) is 37.4 Å². The van der Waals surface area contributed by atoms with Gasteiger partial charge in [0.25, 0.3) is 0 Å². The summed E-state index contributed by atoms with van der Waals surface area (Å²) in [4.78, 5) is 2.55. The number of ether oxygens (including phenoxy) is 1. The summed E-state index contributed by atoms with van der Waals surface area (Å²) in [5.41, 5.74) is 2.80. The van der Waals surface area contributed by atoms with Crippen LogP contribution in [-0.2, 0) is 11.2 Å². The first-order valence-corrected chi connectivity index (χ1v) is 8.28. The van der Waals surface area contributed by atoms with Crippen LogP contribution in [0.5, 0.6) is 0 Å². The van der Waals surface area contributed by atoms with Crippen LogP contribution < -0.4 is 5.32 Å². The highest BCUT2D eigenvalue weighted by Gasteiger charge is 2.30. The third-order valence-corrected chi connectivity index (χ3v) is 4.74. The molecule has 118 valence electrons. The zero-order chi connectivity index (χ0) is 15.2. The van der Waals surface area contributed by atoms with Gasteiger partial charge in [0.1, 0.15) is 0 Å². The Bertz CT molecular complexity index is 418. The summed E-state index contributed by atoms with van der Waals surface area (Å²) in [5, 5.41) is 3.66. The summed E-state index contributed by atoms with van der Waals surface area (Å²) in [7, 11) is 1.82. The van der Waals surface area contributed by atoms with Gasteiger partial charge in [-0.3, -0.25) is 4.90 Å². The van der Waals surface area contributed by atoms with E-state index in [2.05, 4.69) is 55.3 Å². The first-order valence-electron chi connectivity index (χ1n) is 8.28. The fourth-order valence-electron chi connectivity index (χ4n) is 3.27. The van der Waals surface area contributed by atoms with Crippen LogP contribution in [0.25, 0.3) is 0 Å². The van der Waals surface area contributed by atoms with Gasteiger partial charge >= 0.3 is 0 Å². The largest absolute Gasteiger partial charge is 0.380 e. The summed E-state index contributed by atoms with van der Waals surface area (Å²) in [6.45, 7) is 9.89. The standard InChI is InChI=1S/C18H30N2O/c1-5-15-7-9-16(10-8-15)18(19-6-2)14(3)20-12-11-17(13-20)21-4/h7-10,14,17-19H,5-6,11-13H2,1-4H3. The minimum atomic E-state index is 0.386. The molecule has 2 rings (SSSR count). The van der Waals surface area contributed by atoms with E-state index in [1.807, 2.05) is 7.11 Å². The van der Waals surface area contributed by atoms with Gasteiger partial charge in [-0.2, -0.15) is 0 Å². The summed E-state index contributed by atoms with van der Waals surface area (Å²) < 4.78 is 5.51. The Hall–Kier alpha value is -0.900. The van der Waals surface area contributed by atoms with E-state index in [4.69, 9.17) is 4.74 Å². The van der Waals surface area contributed by atoms with E-state index in [1.54, 1.807) is 0 Å². The van der Waals surface area contributed by atoms with Crippen molar-refractivity contribution >= 4 is 0 Å². The Morgan fingerprint density at radius 1 is 1.29 bits per heavy atom. The van der Waals surface area contributed by atoms with Crippen LogP contribution in [0.3, 0.4) is 0 Å². The van der Waals surface area contributed by atoms with Crippen molar-refractivity contribution in [2.45, 2.75) is 51.8 Å². The number of nitrogens with one attached hydrogen (secondary N) is 1. The average molecular weight is 290 g/mol. The number of nitrogens with zero attached hydrogens (tertiary/aromatic N) is 1. The molecule has 1 saturated heterocycles. The van der Waals surface area contributed by atoms with Crippen LogP contribution in [-0.4, -0.2) is 43.8 Å². The van der Waals surface area contributed by atoms with Gasteiger partial charge in [0.15, 0.2) is 0 Å². The second-order valence-electron chi connectivity index (χ2n) is 6.01. The maximum atomic E-state index is 5.51. The lowest BCUT2D eigenvalue weighted by atomic mass is 9.97. The van der Waals surface area contributed by atoms with Gasteiger partial charge in [0.05, 0.1) is 6.10 Å². The van der Waals surface area contributed by atoms with E-state index in [0.717, 1.165) is 32.5 Å². The number of likely N-dealkylation sites (tertiary alicyclic amines) is 1. The highest BCUT2D eigenvalue weighted by Crippen LogP contribution is 2.25. The molecular weight excluding hydrogens is 260 g/mol. The van der Waals surface area contributed by atoms with Gasteiger partial charge < -0.3 is 10.1 Å². The molecule has 3 heteroatoms. The van der Waals surface area contributed by atoms with E-state index < -0.39 is 0 Å². The van der Waals surface area contributed by atoms with Gasteiger partial charge in [-0.1, -0.05) is 38.1 Å². The molecule has 0 spiro atoms. The zero-order valence-electron chi connectivity index (χ0n) is 13.9. The third kappa shape index (κ3) is 4.06. The van der Waals surface area contributed by atoms with Crippen molar-refractivity contribution < 1.29 is 4.74 Å². The van der Waals surface area contributed by atoms with E-state index in [1.165, 1.54) is 11.1 Å². The fourth-order valence-corrected chi connectivity index (χ4v) is 3.27. The minimum absolute atomic E-state index is 0.386. The number of methoxy groups -OCH3 is 1. The van der Waals surface area contributed by atoms with Crippen LogP contribution in [0.4, 0.5) is 0 Å². The van der Waals surface area contributed by atoms with Crippen LogP contribution in [0.15, 0.2) is 24.3 Å². The van der Waals surface area contributed by atoms with Crippen molar-refractivity contribution in [3.8, 4) is 0 Å². The molecule has 3 nitrogen and oxygen atoms in total. The number of benzene rings is 1. The van der Waals surface area contributed by atoms with Crippen molar-refractivity contribution in [2.24, 2.45) is 0 Å². The highest BCUT2D eigenvalue weighted by molar-refractivity contribution is 5.26. The van der Waals surface area contributed by atoms with Crippen molar-refractivity contribution in [3.63, 3.8) is 0 Å². The van der Waals surface area contributed by atoms with Crippen molar-refractivity contribution in [2.75, 3.05) is 26.7 Å². The monoisotopic (exact) mass is 290 g/mol. The molecule has 1 aliphatic heterocycles. The first kappa shape index (κ1) is 16.5. The lowest BCUT2D eigenvalue weighted by Gasteiger charge is -2.33. The summed E-state index contributed by atoms with van der Waals surface area (Å²) in [5.74, 6) is 0. The lowest BCUT2D eigenvalue weighted by molar-refractivity contribution is 0.0977. The van der Waals surface area contributed by atoms with Gasteiger partial charge in [0.2, 0.25) is 0 Å². The number of rotatable bonds is 7. The number of hydrogen-bond donors (Lipinski definition) is 1. The molecular formula is C18H30N2O. The summed E-state index contributed by atoms with van der Waals surface area (Å²) in [6, 6.07) is 9.95. The molecule has 3 unspecified atom stereocenters. The van der Waals surface area contributed by atoms with Gasteiger partial charge in [0, 0.05) is 32.3 Å². The predicted molar refractivity (Wildman–Crippen MR) is 88.7 cm³/mol. The van der Waals surface area contributed by atoms with Crippen molar-refractivity contribution in [3.05, 3.63) is 35.4 Å². The minimum Gasteiger partial charge on any atom is -0.380 e. The van der Waals surface area contributed by atoms with Crippen molar-refractivity contribution in [1.82, 2.24) is 10.2 Å². The van der Waals surface area contributed by atoms with Gasteiger partial charge in [-0.15, -0.1) is 0 Å². The molecule has 1 aromatic carbocycles. The normalized spacial score (nSPS) is 22.4. The van der Waals surface area contributed by atoms with Crippen LogP contribution in [0, 0.1) is 0 Å². The quantitative estimate of drug-likeness (QED) is 0.835. The third-order valence-electron chi connectivity index (χ3n) is 4.74. The fraction of sp³-hybridized carbons (Fsp3) is 0.667. The second-order valence-corrected chi connectivity index (χ2v) is 6.01. The van der Waals surface area contributed by atoms with Gasteiger partial charge in [-0.25, -0.2) is 0 Å². The molecule has 1 fully saturated rings. The molecule has 0 amide bonds. The SMILES string of the molecule is CCNC(c1ccc(CC)cc1)C(C)N1CCC(OC)C1. The lowest BCUT2D eigenvalue weighted by Crippen LogP contribution is -2.42. The maximum Gasteiger partial charge on any atom is 0.0710 e. The van der Waals surface area contributed by atoms with Crippen LogP contribution in [0.1, 0.15) is 44.4 Å². The van der Waals surface area contributed by atoms with E-state index >= 15 is 0 Å². The zero-order valence-corrected chi connectivity index (χ0v) is 13.9. The Labute approximate surface area is 129 Å². The second kappa shape index (κ2) is 7.92. The van der Waals surface area contributed by atoms with Crippen molar-refractivity contribution in [1.29, 1.82) is 0 Å². The number of likely N-dealkylation sites (N-methyl/N-ethyl adjacent to an activating group) is 1. The molecule has 0 radical (unpaired) electrons. The Balaban J connectivity index is 2.09. The Morgan fingerprint density at radius 3 is 2.52 bits per heavy atom. The smallest absolute Gasteiger partial charge is 0.0710 e. The molecule has 1 N–H and O–H groups in total. The number of hydrogen-bond acceptors (Lipinski definition) is 3. The summed E-state index contributed by atoms with van der Waals surface area (Å²) in [6.07, 6.45) is 2.65. The Morgan fingerprint density at radius 2 is 2.00 bits per heavy atom. The molecule has 0 aliphatic carbocycles. The molecule has 3 atom stereocenters. The molecule has 0 saturated carbocycles. The predicted octanol–water partition coefficient (Wildman–Crippen LogP) is 3.01.